The smallest absolute Gasteiger partial charge is 0.329 e. The Kier molecular flexibility index (Phi) is 4.26. The number of carbonyl (C=O) groups is 3. The van der Waals surface area contributed by atoms with Gasteiger partial charge in [0.15, 0.2) is 0 Å². The average Bonchev–Trinajstić information content (AvgIpc) is 3.00. The van der Waals surface area contributed by atoms with Crippen LogP contribution in [0.15, 0.2) is 35.1 Å². The fourth-order valence-electron chi connectivity index (χ4n) is 2.62. The van der Waals surface area contributed by atoms with Gasteiger partial charge in [0.05, 0.1) is 17.5 Å². The number of imide groups is 1. The number of hydrogen-bond acceptors (Lipinski definition) is 5. The van der Waals surface area contributed by atoms with Crippen molar-refractivity contribution in [3.05, 3.63) is 57.5 Å². The molecule has 1 aromatic heterocycles. The molecule has 0 fully saturated rings. The average molecular weight is 343 g/mol. The van der Waals surface area contributed by atoms with Gasteiger partial charge in [-0.05, 0) is 18.1 Å². The molecular formula is C17H17N3O5. The first-order valence-electron chi connectivity index (χ1n) is 7.84. The summed E-state index contributed by atoms with van der Waals surface area (Å²) < 4.78 is 1.40. The maximum Gasteiger partial charge on any atom is 0.339 e. The first-order chi connectivity index (χ1) is 11.9. The molecular weight excluding hydrogens is 326 g/mol. The van der Waals surface area contributed by atoms with Crippen molar-refractivity contribution in [3.8, 4) is 0 Å². The Hall–Kier alpha value is -3.16. The summed E-state index contributed by atoms with van der Waals surface area (Å²) in [6.45, 7) is 4.42. The van der Waals surface area contributed by atoms with Crippen molar-refractivity contribution >= 4 is 17.8 Å². The highest BCUT2D eigenvalue weighted by molar-refractivity contribution is 6.20. The fourth-order valence-corrected chi connectivity index (χ4v) is 2.62. The summed E-state index contributed by atoms with van der Waals surface area (Å²) in [6.07, 6.45) is -0.256. The molecule has 1 aliphatic heterocycles. The largest absolute Gasteiger partial charge is 0.339 e. The molecule has 1 aliphatic rings. The lowest BCUT2D eigenvalue weighted by Crippen LogP contribution is -2.33. The van der Waals surface area contributed by atoms with Gasteiger partial charge < -0.3 is 4.84 Å². The van der Waals surface area contributed by atoms with E-state index in [1.807, 2.05) is 13.8 Å². The number of hydroxylamine groups is 2. The van der Waals surface area contributed by atoms with Gasteiger partial charge in [-0.3, -0.25) is 24.2 Å². The molecule has 0 aliphatic carbocycles. The number of carbonyl (C=O) groups excluding carboxylic acids is 3. The van der Waals surface area contributed by atoms with E-state index in [1.165, 1.54) is 22.9 Å². The summed E-state index contributed by atoms with van der Waals surface area (Å²) in [5, 5.41) is 3.28. The standard InChI is InChI=1S/C17H17N3O5/c1-10(2)9-19-14(21)7-11(18-19)8-15(22)25-20-16(23)12-5-3-4-6-13(12)17(20)24/h3-7,10,18H,8-9H2,1-2H3. The third-order valence-electron chi connectivity index (χ3n) is 3.67. The molecule has 1 N–H and O–H groups in total. The zero-order valence-electron chi connectivity index (χ0n) is 13.8. The van der Waals surface area contributed by atoms with E-state index in [0.29, 0.717) is 17.3 Å². The van der Waals surface area contributed by atoms with Crippen molar-refractivity contribution in [2.24, 2.45) is 5.92 Å². The van der Waals surface area contributed by atoms with Crippen LogP contribution in [0.4, 0.5) is 0 Å². The molecule has 1 aromatic carbocycles. The second kappa shape index (κ2) is 6.39. The molecule has 3 rings (SSSR count). The highest BCUT2D eigenvalue weighted by Crippen LogP contribution is 2.22. The first-order valence-corrected chi connectivity index (χ1v) is 7.84. The van der Waals surface area contributed by atoms with Crippen molar-refractivity contribution in [1.82, 2.24) is 14.8 Å². The Bertz CT molecular complexity index is 874. The number of rotatable bonds is 5. The normalized spacial score (nSPS) is 13.5. The van der Waals surface area contributed by atoms with Gasteiger partial charge in [-0.25, -0.2) is 4.79 Å². The molecule has 130 valence electrons. The molecule has 0 saturated carbocycles. The van der Waals surface area contributed by atoms with E-state index < -0.39 is 17.8 Å². The van der Waals surface area contributed by atoms with Crippen molar-refractivity contribution in [2.45, 2.75) is 26.8 Å². The Morgan fingerprint density at radius 3 is 2.28 bits per heavy atom. The van der Waals surface area contributed by atoms with E-state index in [0.717, 1.165) is 0 Å². The monoisotopic (exact) mass is 343 g/mol. The molecule has 0 unspecified atom stereocenters. The van der Waals surface area contributed by atoms with Gasteiger partial charge in [-0.1, -0.05) is 31.0 Å². The molecule has 0 saturated heterocycles. The minimum Gasteiger partial charge on any atom is -0.329 e. The van der Waals surface area contributed by atoms with E-state index in [1.54, 1.807) is 12.1 Å². The molecule has 2 aromatic rings. The summed E-state index contributed by atoms with van der Waals surface area (Å²) in [6, 6.07) is 7.53. The van der Waals surface area contributed by atoms with Crippen LogP contribution in [0.3, 0.4) is 0 Å². The van der Waals surface area contributed by atoms with Gasteiger partial charge in [0.1, 0.15) is 0 Å². The SMILES string of the molecule is CC(C)Cn1[nH]c(CC(=O)ON2C(=O)c3ccccc3C2=O)cc1=O. The van der Waals surface area contributed by atoms with Crippen LogP contribution >= 0.6 is 0 Å². The van der Waals surface area contributed by atoms with E-state index in [9.17, 15) is 19.2 Å². The number of nitrogens with zero attached hydrogens (tertiary/aromatic N) is 2. The number of aromatic amines is 1. The molecule has 0 radical (unpaired) electrons. The first kappa shape index (κ1) is 16.7. The van der Waals surface area contributed by atoms with Gasteiger partial charge >= 0.3 is 5.97 Å². The van der Waals surface area contributed by atoms with E-state index in [-0.39, 0.29) is 29.0 Å². The predicted octanol–water partition coefficient (Wildman–Crippen LogP) is 1.13. The summed E-state index contributed by atoms with van der Waals surface area (Å²) in [5.74, 6) is -1.92. The van der Waals surface area contributed by atoms with Crippen molar-refractivity contribution in [2.75, 3.05) is 0 Å². The number of hydrogen-bond donors (Lipinski definition) is 1. The Labute approximate surface area is 142 Å². The van der Waals surface area contributed by atoms with Crippen molar-refractivity contribution in [1.29, 1.82) is 0 Å². The van der Waals surface area contributed by atoms with Crippen molar-refractivity contribution in [3.63, 3.8) is 0 Å². The van der Waals surface area contributed by atoms with Crippen LogP contribution in [0.1, 0.15) is 40.3 Å². The highest BCUT2D eigenvalue weighted by Gasteiger charge is 2.38. The number of H-pyrrole nitrogens is 1. The van der Waals surface area contributed by atoms with Crippen LogP contribution < -0.4 is 5.56 Å². The zero-order chi connectivity index (χ0) is 18.1. The van der Waals surface area contributed by atoms with Crippen LogP contribution in [0.2, 0.25) is 0 Å². The van der Waals surface area contributed by atoms with Crippen molar-refractivity contribution < 1.29 is 19.2 Å². The lowest BCUT2D eigenvalue weighted by Gasteiger charge is -2.12. The highest BCUT2D eigenvalue weighted by atomic mass is 16.7. The maximum absolute atomic E-state index is 12.1. The van der Waals surface area contributed by atoms with E-state index >= 15 is 0 Å². The Morgan fingerprint density at radius 2 is 1.72 bits per heavy atom. The molecule has 2 amide bonds. The molecule has 8 heteroatoms. The third-order valence-corrected chi connectivity index (χ3v) is 3.67. The molecule has 25 heavy (non-hydrogen) atoms. The van der Waals surface area contributed by atoms with Gasteiger partial charge in [0, 0.05) is 18.3 Å². The second-order valence-electron chi connectivity index (χ2n) is 6.21. The van der Waals surface area contributed by atoms with Gasteiger partial charge in [-0.15, -0.1) is 0 Å². The number of fused-ring (bicyclic) bond motifs is 1. The van der Waals surface area contributed by atoms with Crippen LogP contribution in [0, 0.1) is 5.92 Å². The maximum atomic E-state index is 12.1. The number of benzene rings is 1. The Balaban J connectivity index is 1.69. The van der Waals surface area contributed by atoms with Crippen LogP contribution in [0.5, 0.6) is 0 Å². The minimum absolute atomic E-state index is 0.191. The van der Waals surface area contributed by atoms with E-state index in [2.05, 4.69) is 5.10 Å². The van der Waals surface area contributed by atoms with Gasteiger partial charge in [-0.2, -0.15) is 0 Å². The predicted molar refractivity (Wildman–Crippen MR) is 86.6 cm³/mol. The van der Waals surface area contributed by atoms with Crippen LogP contribution in [0.25, 0.3) is 0 Å². The summed E-state index contributed by atoms with van der Waals surface area (Å²) in [7, 11) is 0. The fraction of sp³-hybridized carbons (Fsp3) is 0.294. The minimum atomic E-state index is -0.813. The summed E-state index contributed by atoms with van der Waals surface area (Å²) in [5.41, 5.74) is 0.484. The number of nitrogens with one attached hydrogen (secondary N) is 1. The lowest BCUT2D eigenvalue weighted by atomic mass is 10.1. The molecule has 0 bridgehead atoms. The lowest BCUT2D eigenvalue weighted by molar-refractivity contribution is -0.167. The number of amides is 2. The van der Waals surface area contributed by atoms with Gasteiger partial charge in [0.25, 0.3) is 17.4 Å². The second-order valence-corrected chi connectivity index (χ2v) is 6.21. The molecule has 2 heterocycles. The topological polar surface area (TPSA) is 101 Å². The number of aromatic nitrogens is 2. The zero-order valence-corrected chi connectivity index (χ0v) is 13.8. The van der Waals surface area contributed by atoms with E-state index in [4.69, 9.17) is 4.84 Å². The third kappa shape index (κ3) is 3.23. The summed E-state index contributed by atoms with van der Waals surface area (Å²) in [4.78, 5) is 53.1. The molecule has 0 spiro atoms. The molecule has 8 nitrogen and oxygen atoms in total. The van der Waals surface area contributed by atoms with Crippen LogP contribution in [-0.2, 0) is 22.6 Å². The quantitative estimate of drug-likeness (QED) is 0.820. The summed E-state index contributed by atoms with van der Waals surface area (Å²) >= 11 is 0. The van der Waals surface area contributed by atoms with Gasteiger partial charge in [0.2, 0.25) is 0 Å². The van der Waals surface area contributed by atoms with Crippen LogP contribution in [-0.4, -0.2) is 32.6 Å². The molecule has 0 atom stereocenters. The Morgan fingerprint density at radius 1 is 1.12 bits per heavy atom.